The van der Waals surface area contributed by atoms with E-state index in [1.165, 1.54) is 48.1 Å². The second-order valence-corrected chi connectivity index (χ2v) is 6.91. The second kappa shape index (κ2) is 6.76. The van der Waals surface area contributed by atoms with Crippen LogP contribution < -0.4 is 0 Å². The predicted octanol–water partition coefficient (Wildman–Crippen LogP) is 5.91. The summed E-state index contributed by atoms with van der Waals surface area (Å²) in [6.07, 6.45) is 6.21. The molecule has 2 aromatic carbocycles. The van der Waals surface area contributed by atoms with Gasteiger partial charge in [0, 0.05) is 5.92 Å². The average molecular weight is 315 g/mol. The highest BCUT2D eigenvalue weighted by molar-refractivity contribution is 6.17. The van der Waals surface area contributed by atoms with Gasteiger partial charge in [0.25, 0.3) is 0 Å². The molecule has 1 aliphatic heterocycles. The lowest BCUT2D eigenvalue weighted by atomic mass is 9.72. The summed E-state index contributed by atoms with van der Waals surface area (Å²) in [5, 5.41) is 0. The molecule has 0 aromatic heterocycles. The van der Waals surface area contributed by atoms with E-state index in [4.69, 9.17) is 4.99 Å². The molecule has 1 aliphatic carbocycles. The lowest BCUT2D eigenvalue weighted by Crippen LogP contribution is -2.31. The summed E-state index contributed by atoms with van der Waals surface area (Å²) < 4.78 is 0. The molecule has 2 aromatic rings. The van der Waals surface area contributed by atoms with Crippen LogP contribution in [-0.4, -0.2) is 11.8 Å². The van der Waals surface area contributed by atoms with E-state index in [0.29, 0.717) is 12.0 Å². The van der Waals surface area contributed by atoms with Crippen LogP contribution in [0.4, 0.5) is 0 Å². The molecule has 0 saturated heterocycles. The maximum atomic E-state index is 5.26. The lowest BCUT2D eigenvalue weighted by molar-refractivity contribution is 0.369. The summed E-state index contributed by atoms with van der Waals surface area (Å²) in [6, 6.07) is 22.2. The summed E-state index contributed by atoms with van der Waals surface area (Å²) in [7, 11) is 0. The van der Waals surface area contributed by atoms with Gasteiger partial charge in [-0.25, -0.2) is 0 Å². The van der Waals surface area contributed by atoms with Crippen LogP contribution in [-0.2, 0) is 0 Å². The van der Waals surface area contributed by atoms with E-state index in [0.717, 1.165) is 6.42 Å². The quantitative estimate of drug-likeness (QED) is 0.667. The van der Waals surface area contributed by atoms with Crippen LogP contribution in [0.3, 0.4) is 0 Å². The van der Waals surface area contributed by atoms with Gasteiger partial charge in [-0.2, -0.15) is 0 Å². The minimum Gasteiger partial charge on any atom is -0.280 e. The number of dihydropyridines is 1. The zero-order valence-electron chi connectivity index (χ0n) is 14.4. The minimum absolute atomic E-state index is 0.458. The van der Waals surface area contributed by atoms with Crippen LogP contribution in [0.5, 0.6) is 0 Å². The largest absolute Gasteiger partial charge is 0.280 e. The Labute approximate surface area is 145 Å². The maximum Gasteiger partial charge on any atom is 0.0685 e. The zero-order valence-corrected chi connectivity index (χ0v) is 14.4. The fraction of sp³-hybridized carbons (Fsp3) is 0.348. The molecule has 122 valence electrons. The first kappa shape index (κ1) is 15.4. The minimum atomic E-state index is 0.458. The van der Waals surface area contributed by atoms with Gasteiger partial charge in [-0.1, -0.05) is 80.4 Å². The van der Waals surface area contributed by atoms with Crippen molar-refractivity contribution in [3.63, 3.8) is 0 Å². The van der Waals surface area contributed by atoms with Crippen LogP contribution in [0.2, 0.25) is 0 Å². The molecule has 24 heavy (non-hydrogen) atoms. The van der Waals surface area contributed by atoms with E-state index < -0.39 is 0 Å². The van der Waals surface area contributed by atoms with Gasteiger partial charge in [0.1, 0.15) is 0 Å². The molecule has 0 radical (unpaired) electrons. The van der Waals surface area contributed by atoms with Crippen molar-refractivity contribution in [2.45, 2.75) is 45.1 Å². The van der Waals surface area contributed by atoms with Crippen molar-refractivity contribution in [2.24, 2.45) is 10.9 Å². The van der Waals surface area contributed by atoms with Gasteiger partial charge >= 0.3 is 0 Å². The monoisotopic (exact) mass is 315 g/mol. The molecular formula is C23H25N. The third kappa shape index (κ3) is 2.73. The number of rotatable bonds is 3. The van der Waals surface area contributed by atoms with E-state index in [1.807, 2.05) is 0 Å². The maximum absolute atomic E-state index is 5.26. The molecule has 2 atom stereocenters. The zero-order chi connectivity index (χ0) is 16.4. The Morgan fingerprint density at radius 1 is 0.833 bits per heavy atom. The topological polar surface area (TPSA) is 12.4 Å². The molecule has 4 rings (SSSR count). The molecule has 0 unspecified atom stereocenters. The highest BCUT2D eigenvalue weighted by Gasteiger charge is 2.35. The van der Waals surface area contributed by atoms with Gasteiger partial charge in [-0.3, -0.25) is 4.99 Å². The first-order chi connectivity index (χ1) is 11.9. The number of benzene rings is 2. The normalized spacial score (nSPS) is 23.6. The Morgan fingerprint density at radius 3 is 2.12 bits per heavy atom. The second-order valence-electron chi connectivity index (χ2n) is 6.91. The molecular weight excluding hydrogens is 290 g/mol. The Hall–Kier alpha value is -2.15. The number of fused-ring (bicyclic) bond motifs is 1. The summed E-state index contributed by atoms with van der Waals surface area (Å²) in [4.78, 5) is 5.26. The van der Waals surface area contributed by atoms with Crippen LogP contribution in [0.25, 0.3) is 5.57 Å². The summed E-state index contributed by atoms with van der Waals surface area (Å²) >= 11 is 0. The van der Waals surface area contributed by atoms with Crippen LogP contribution in [0.1, 0.15) is 50.2 Å². The summed E-state index contributed by atoms with van der Waals surface area (Å²) in [5.41, 5.74) is 6.92. The molecule has 0 bridgehead atoms. The molecule has 2 aliphatic rings. The molecule has 0 spiro atoms. The predicted molar refractivity (Wildman–Crippen MR) is 102 cm³/mol. The number of nitrogens with zero attached hydrogens (tertiary/aromatic N) is 1. The third-order valence-electron chi connectivity index (χ3n) is 5.49. The van der Waals surface area contributed by atoms with Gasteiger partial charge in [0.15, 0.2) is 0 Å². The Morgan fingerprint density at radius 2 is 1.46 bits per heavy atom. The van der Waals surface area contributed by atoms with Crippen molar-refractivity contribution >= 4 is 11.3 Å². The Kier molecular flexibility index (Phi) is 4.34. The first-order valence-corrected chi connectivity index (χ1v) is 9.30. The first-order valence-electron chi connectivity index (χ1n) is 9.30. The number of aliphatic imine (C=N–C) groups is 1. The van der Waals surface area contributed by atoms with Crippen molar-refractivity contribution in [1.29, 1.82) is 0 Å². The van der Waals surface area contributed by atoms with Crippen molar-refractivity contribution in [1.82, 2.24) is 0 Å². The number of allylic oxidation sites excluding steroid dienone is 1. The number of hydrogen-bond donors (Lipinski definition) is 0. The summed E-state index contributed by atoms with van der Waals surface area (Å²) in [6.45, 7) is 2.28. The van der Waals surface area contributed by atoms with Gasteiger partial charge in [-0.15, -0.1) is 0 Å². The summed E-state index contributed by atoms with van der Waals surface area (Å²) in [5.74, 6) is 0.601. The molecule has 1 heteroatoms. The highest BCUT2D eigenvalue weighted by Crippen LogP contribution is 2.43. The molecule has 0 amide bonds. The molecule has 1 saturated carbocycles. The van der Waals surface area contributed by atoms with Gasteiger partial charge in [0.05, 0.1) is 11.8 Å². The third-order valence-corrected chi connectivity index (χ3v) is 5.49. The van der Waals surface area contributed by atoms with E-state index in [9.17, 15) is 0 Å². The lowest BCUT2D eigenvalue weighted by Gasteiger charge is -2.37. The van der Waals surface area contributed by atoms with Crippen molar-refractivity contribution in [2.75, 3.05) is 0 Å². The average Bonchev–Trinajstić information content (AvgIpc) is 2.67. The van der Waals surface area contributed by atoms with E-state index in [2.05, 4.69) is 67.6 Å². The molecule has 1 nitrogen and oxygen atoms in total. The van der Waals surface area contributed by atoms with Crippen LogP contribution in [0, 0.1) is 5.92 Å². The van der Waals surface area contributed by atoms with Crippen molar-refractivity contribution in [3.8, 4) is 0 Å². The van der Waals surface area contributed by atoms with Crippen LogP contribution in [0.15, 0.2) is 71.2 Å². The smallest absolute Gasteiger partial charge is 0.0685 e. The molecule has 1 fully saturated rings. The van der Waals surface area contributed by atoms with Gasteiger partial charge < -0.3 is 0 Å². The fourth-order valence-corrected chi connectivity index (χ4v) is 4.41. The Bertz CT molecular complexity index is 755. The highest BCUT2D eigenvalue weighted by atomic mass is 14.8. The Balaban J connectivity index is 1.90. The van der Waals surface area contributed by atoms with E-state index >= 15 is 0 Å². The van der Waals surface area contributed by atoms with Crippen LogP contribution >= 0.6 is 0 Å². The molecule has 1 heterocycles. The van der Waals surface area contributed by atoms with Crippen molar-refractivity contribution in [3.05, 3.63) is 77.4 Å². The van der Waals surface area contributed by atoms with E-state index in [-0.39, 0.29) is 0 Å². The van der Waals surface area contributed by atoms with E-state index in [1.54, 1.807) is 5.57 Å². The van der Waals surface area contributed by atoms with Gasteiger partial charge in [0.2, 0.25) is 0 Å². The SMILES string of the molecule is CCC1=C(c2ccccc2)[C@@H]2CCCC[C@@H]2N=C1c1ccccc1. The van der Waals surface area contributed by atoms with Gasteiger partial charge in [-0.05, 0) is 41.5 Å². The fourth-order valence-electron chi connectivity index (χ4n) is 4.41. The van der Waals surface area contributed by atoms with Crippen molar-refractivity contribution < 1.29 is 0 Å². The standard InChI is InChI=1S/C23H25N/c1-2-19-22(17-11-5-3-6-12-17)20-15-9-10-16-21(20)24-23(19)18-13-7-4-8-14-18/h3-8,11-14,20-21H,2,9-10,15-16H2,1H3/t20-,21+/m1/s1. The number of hydrogen-bond acceptors (Lipinski definition) is 1. The molecule has 0 N–H and O–H groups in total.